The summed E-state index contributed by atoms with van der Waals surface area (Å²) in [7, 11) is 0. The molecule has 2 saturated heterocycles. The molecule has 13 heteroatoms. The lowest BCUT2D eigenvalue weighted by Crippen LogP contribution is -2.37. The average Bonchev–Trinajstić information content (AvgIpc) is 3.66. The number of morpholine rings is 1. The maximum absolute atomic E-state index is 13.7. The van der Waals surface area contributed by atoms with Gasteiger partial charge in [0, 0.05) is 12.7 Å². The van der Waals surface area contributed by atoms with Crippen LogP contribution in [0.1, 0.15) is 39.3 Å². The molecule has 1 amide bonds. The summed E-state index contributed by atoms with van der Waals surface area (Å²) in [5.74, 6) is -1.08. The van der Waals surface area contributed by atoms with Crippen molar-refractivity contribution in [1.82, 2.24) is 24.4 Å². The Labute approximate surface area is 201 Å². The van der Waals surface area contributed by atoms with Crippen molar-refractivity contribution in [2.75, 3.05) is 23.4 Å². The van der Waals surface area contributed by atoms with Crippen LogP contribution in [-0.2, 0) is 4.74 Å². The number of nitrogens with zero attached hydrogens (tertiary/aromatic N) is 6. The summed E-state index contributed by atoms with van der Waals surface area (Å²) >= 11 is 0. The lowest BCUT2D eigenvalue weighted by Gasteiger charge is -2.27. The second kappa shape index (κ2) is 8.37. The molecule has 184 valence electrons. The molecule has 0 spiro atoms. The van der Waals surface area contributed by atoms with Crippen molar-refractivity contribution in [1.29, 1.82) is 0 Å². The van der Waals surface area contributed by atoms with Crippen molar-refractivity contribution >= 4 is 29.0 Å². The minimum atomic E-state index is -2.96. The monoisotopic (exact) mass is 495 g/mol. The summed E-state index contributed by atoms with van der Waals surface area (Å²) < 4.78 is 35.7. The zero-order valence-corrected chi connectivity index (χ0v) is 18.6. The number of alkyl halides is 2. The van der Waals surface area contributed by atoms with Crippen LogP contribution in [0.25, 0.3) is 11.3 Å². The number of halogens is 2. The number of carbonyl (C=O) groups is 2. The fourth-order valence-corrected chi connectivity index (χ4v) is 4.58. The molecule has 2 unspecified atom stereocenters. The van der Waals surface area contributed by atoms with Gasteiger partial charge in [-0.15, -0.1) is 0 Å². The Hall–Kier alpha value is -4.39. The van der Waals surface area contributed by atoms with Crippen LogP contribution in [0.5, 0.6) is 0 Å². The van der Waals surface area contributed by atoms with E-state index in [1.807, 2.05) is 6.07 Å². The number of carboxylic acid groups (broad SMARTS) is 1. The number of hydrogen-bond donors (Lipinski definition) is 2. The first-order chi connectivity index (χ1) is 17.4. The third-order valence-corrected chi connectivity index (χ3v) is 6.37. The van der Waals surface area contributed by atoms with Gasteiger partial charge in [0.25, 0.3) is 12.3 Å². The standard InChI is InChI=1S/C23H19F2N7O4/c24-20(25)19-17(10-32(29-19)13-3-1-12(2-4-13)23(34)35)27-22(33)16-8-26-31-6-5-18(28-21(16)31)30-9-15-7-14(30)11-36-15/h1-6,8,10,14-15,20H,7,9,11H2,(H,27,33)(H,34,35). The molecule has 0 saturated carbocycles. The fourth-order valence-electron chi connectivity index (χ4n) is 4.58. The highest BCUT2D eigenvalue weighted by Gasteiger charge is 2.39. The van der Waals surface area contributed by atoms with Crippen molar-refractivity contribution in [2.24, 2.45) is 0 Å². The molecule has 5 heterocycles. The van der Waals surface area contributed by atoms with Crippen LogP contribution in [0.3, 0.4) is 0 Å². The average molecular weight is 495 g/mol. The molecule has 3 aromatic heterocycles. The predicted octanol–water partition coefficient (Wildman–Crippen LogP) is 2.78. The first kappa shape index (κ1) is 22.1. The van der Waals surface area contributed by atoms with Crippen molar-refractivity contribution in [3.8, 4) is 5.69 Å². The normalized spacial score (nSPS) is 18.9. The molecular weight excluding hydrogens is 476 g/mol. The van der Waals surface area contributed by atoms with Crippen LogP contribution in [0.15, 0.2) is 48.9 Å². The Balaban J connectivity index is 1.29. The zero-order valence-electron chi connectivity index (χ0n) is 18.6. The summed E-state index contributed by atoms with van der Waals surface area (Å²) in [6, 6.07) is 7.58. The molecule has 2 N–H and O–H groups in total. The molecule has 2 aliphatic heterocycles. The van der Waals surface area contributed by atoms with Crippen LogP contribution in [-0.4, -0.2) is 66.7 Å². The number of fused-ring (bicyclic) bond motifs is 3. The maximum atomic E-state index is 13.7. The number of carboxylic acids is 1. The van der Waals surface area contributed by atoms with Crippen molar-refractivity contribution in [3.05, 3.63) is 65.7 Å². The SMILES string of the molecule is O=C(O)c1ccc(-n2cc(NC(=O)c3cnn4ccc(N5CC6CC5CO6)nc34)c(C(F)F)n2)cc1. The van der Waals surface area contributed by atoms with Gasteiger partial charge in [0.2, 0.25) is 0 Å². The van der Waals surface area contributed by atoms with Gasteiger partial charge >= 0.3 is 5.97 Å². The first-order valence-corrected chi connectivity index (χ1v) is 11.1. The summed E-state index contributed by atoms with van der Waals surface area (Å²) in [6.45, 7) is 1.34. The van der Waals surface area contributed by atoms with E-state index in [0.717, 1.165) is 11.1 Å². The number of rotatable bonds is 6. The molecule has 2 bridgehead atoms. The van der Waals surface area contributed by atoms with E-state index in [1.165, 1.54) is 41.2 Å². The quantitative estimate of drug-likeness (QED) is 0.418. The Morgan fingerprint density at radius 3 is 2.67 bits per heavy atom. The molecule has 2 fully saturated rings. The minimum absolute atomic E-state index is 0.0442. The highest BCUT2D eigenvalue weighted by Crippen LogP contribution is 2.32. The van der Waals surface area contributed by atoms with Gasteiger partial charge in [0.15, 0.2) is 11.3 Å². The smallest absolute Gasteiger partial charge is 0.335 e. The second-order valence-corrected chi connectivity index (χ2v) is 8.59. The number of ether oxygens (including phenoxy) is 1. The van der Waals surface area contributed by atoms with E-state index in [2.05, 4.69) is 25.4 Å². The Morgan fingerprint density at radius 2 is 2.00 bits per heavy atom. The van der Waals surface area contributed by atoms with Gasteiger partial charge in [-0.25, -0.2) is 27.8 Å². The third kappa shape index (κ3) is 3.73. The maximum Gasteiger partial charge on any atom is 0.335 e. The van der Waals surface area contributed by atoms with Crippen LogP contribution in [0.4, 0.5) is 20.3 Å². The number of amides is 1. The summed E-state index contributed by atoms with van der Waals surface area (Å²) in [6.07, 6.45) is 2.42. The Bertz CT molecular complexity index is 1480. The van der Waals surface area contributed by atoms with Crippen LogP contribution in [0.2, 0.25) is 0 Å². The molecule has 11 nitrogen and oxygen atoms in total. The number of nitrogens with one attached hydrogen (secondary N) is 1. The Kier molecular flexibility index (Phi) is 5.14. The predicted molar refractivity (Wildman–Crippen MR) is 122 cm³/mol. The number of aromatic nitrogens is 5. The summed E-state index contributed by atoms with van der Waals surface area (Å²) in [4.78, 5) is 30.9. The minimum Gasteiger partial charge on any atom is -0.478 e. The van der Waals surface area contributed by atoms with E-state index in [9.17, 15) is 18.4 Å². The van der Waals surface area contributed by atoms with Gasteiger partial charge in [-0.05, 0) is 36.8 Å². The molecule has 36 heavy (non-hydrogen) atoms. The van der Waals surface area contributed by atoms with Crippen molar-refractivity contribution in [3.63, 3.8) is 0 Å². The zero-order chi connectivity index (χ0) is 25.0. The van der Waals surface area contributed by atoms with Gasteiger partial charge in [-0.2, -0.15) is 10.2 Å². The lowest BCUT2D eigenvalue weighted by atomic mass is 10.2. The van der Waals surface area contributed by atoms with Crippen LogP contribution in [0, 0.1) is 0 Å². The number of carbonyl (C=O) groups excluding carboxylic acids is 1. The molecule has 4 aromatic rings. The second-order valence-electron chi connectivity index (χ2n) is 8.59. The largest absolute Gasteiger partial charge is 0.478 e. The Morgan fingerprint density at radius 1 is 1.19 bits per heavy atom. The molecule has 0 aliphatic carbocycles. The first-order valence-electron chi connectivity index (χ1n) is 11.1. The number of aromatic carboxylic acids is 1. The topological polar surface area (TPSA) is 127 Å². The van der Waals surface area contributed by atoms with Gasteiger partial charge in [-0.1, -0.05) is 0 Å². The van der Waals surface area contributed by atoms with Crippen molar-refractivity contribution < 1.29 is 28.2 Å². The van der Waals surface area contributed by atoms with E-state index in [0.29, 0.717) is 30.3 Å². The van der Waals surface area contributed by atoms with Gasteiger partial charge in [0.1, 0.15) is 11.4 Å². The van der Waals surface area contributed by atoms with E-state index < -0.39 is 24.0 Å². The molecule has 6 rings (SSSR count). The number of hydrogen-bond acceptors (Lipinski definition) is 7. The third-order valence-electron chi connectivity index (χ3n) is 6.37. The van der Waals surface area contributed by atoms with Gasteiger partial charge < -0.3 is 20.1 Å². The number of anilines is 2. The van der Waals surface area contributed by atoms with Crippen LogP contribution >= 0.6 is 0 Å². The van der Waals surface area contributed by atoms with Crippen molar-refractivity contribution in [2.45, 2.75) is 25.0 Å². The molecule has 2 aliphatic rings. The molecule has 2 atom stereocenters. The van der Waals surface area contributed by atoms with Gasteiger partial charge in [-0.3, -0.25) is 4.79 Å². The fraction of sp³-hybridized carbons (Fsp3) is 0.261. The molecule has 0 radical (unpaired) electrons. The van der Waals surface area contributed by atoms with Crippen LogP contribution < -0.4 is 10.2 Å². The van der Waals surface area contributed by atoms with E-state index in [-0.39, 0.29) is 29.0 Å². The summed E-state index contributed by atoms with van der Waals surface area (Å²) in [5.41, 5.74) is 0.0159. The highest BCUT2D eigenvalue weighted by molar-refractivity contribution is 6.08. The lowest BCUT2D eigenvalue weighted by molar-refractivity contribution is 0.0696. The van der Waals surface area contributed by atoms with E-state index in [4.69, 9.17) is 9.84 Å². The molecule has 1 aromatic carbocycles. The van der Waals surface area contributed by atoms with E-state index >= 15 is 0 Å². The summed E-state index contributed by atoms with van der Waals surface area (Å²) in [5, 5.41) is 19.6. The van der Waals surface area contributed by atoms with E-state index in [1.54, 1.807) is 6.20 Å². The van der Waals surface area contributed by atoms with Gasteiger partial charge in [0.05, 0.1) is 48.1 Å². The number of benzene rings is 1. The molecular formula is C23H19F2N7O4. The highest BCUT2D eigenvalue weighted by atomic mass is 19.3.